The van der Waals surface area contributed by atoms with Crippen molar-refractivity contribution >= 4 is 22.9 Å². The van der Waals surface area contributed by atoms with E-state index in [0.717, 1.165) is 32.7 Å². The smallest absolute Gasteiger partial charge is 0.282 e. The lowest BCUT2D eigenvalue weighted by atomic mass is 10.2. The molecule has 1 aliphatic heterocycles. The van der Waals surface area contributed by atoms with Gasteiger partial charge >= 0.3 is 0 Å². The van der Waals surface area contributed by atoms with E-state index < -0.39 is 0 Å². The molecule has 0 spiro atoms. The van der Waals surface area contributed by atoms with Crippen LogP contribution in [-0.2, 0) is 11.3 Å². The molecule has 1 atom stereocenters. The minimum atomic E-state index is -0.295. The summed E-state index contributed by atoms with van der Waals surface area (Å²) in [5.41, 5.74) is 0.648. The van der Waals surface area contributed by atoms with Gasteiger partial charge in [-0.25, -0.2) is 4.39 Å². The topological polar surface area (TPSA) is 38.0 Å². The number of carbonyl (C=O) groups excluding carboxylic acids is 1. The van der Waals surface area contributed by atoms with Gasteiger partial charge in [0.15, 0.2) is 6.04 Å². The Balaban J connectivity index is 1.48. The number of nitrogens with one attached hydrogen (secondary N) is 3. The fourth-order valence-electron chi connectivity index (χ4n) is 3.16. The van der Waals surface area contributed by atoms with E-state index in [1.54, 1.807) is 17.0 Å². The molecule has 1 amide bonds. The van der Waals surface area contributed by atoms with Crippen molar-refractivity contribution in [2.45, 2.75) is 19.5 Å². The molecule has 3 N–H and O–H groups in total. The highest BCUT2D eigenvalue weighted by Crippen LogP contribution is 2.08. The zero-order chi connectivity index (χ0) is 16.9. The van der Waals surface area contributed by atoms with Crippen molar-refractivity contribution in [1.82, 2.24) is 0 Å². The number of thiophene rings is 1. The van der Waals surface area contributed by atoms with Gasteiger partial charge < -0.3 is 15.1 Å². The van der Waals surface area contributed by atoms with Crippen LogP contribution in [0.2, 0.25) is 0 Å². The van der Waals surface area contributed by atoms with Crippen LogP contribution in [-0.4, -0.2) is 38.1 Å². The Morgan fingerprint density at radius 1 is 1.21 bits per heavy atom. The number of anilines is 1. The van der Waals surface area contributed by atoms with Gasteiger partial charge in [-0.3, -0.25) is 4.79 Å². The highest BCUT2D eigenvalue weighted by Gasteiger charge is 2.31. The summed E-state index contributed by atoms with van der Waals surface area (Å²) >= 11 is 1.81. The van der Waals surface area contributed by atoms with Crippen LogP contribution in [0.5, 0.6) is 0 Å². The fraction of sp³-hybridized carbons (Fsp3) is 0.389. The molecule has 24 heavy (non-hydrogen) atoms. The van der Waals surface area contributed by atoms with Crippen LogP contribution >= 0.6 is 11.3 Å². The minimum absolute atomic E-state index is 0.00156. The van der Waals surface area contributed by atoms with Crippen molar-refractivity contribution in [2.75, 3.05) is 31.5 Å². The van der Waals surface area contributed by atoms with Crippen molar-refractivity contribution in [2.24, 2.45) is 0 Å². The summed E-state index contributed by atoms with van der Waals surface area (Å²) in [7, 11) is 0. The number of benzene rings is 1. The van der Waals surface area contributed by atoms with Crippen molar-refractivity contribution in [3.8, 4) is 0 Å². The lowest BCUT2D eigenvalue weighted by Gasteiger charge is -2.32. The summed E-state index contributed by atoms with van der Waals surface area (Å²) in [6, 6.07) is 10.1. The number of carbonyl (C=O) groups is 1. The minimum Gasteiger partial charge on any atom is -0.321 e. The number of hydrogen-bond donors (Lipinski definition) is 3. The summed E-state index contributed by atoms with van der Waals surface area (Å²) in [6.07, 6.45) is 0. The third-order valence-corrected chi connectivity index (χ3v) is 5.60. The van der Waals surface area contributed by atoms with Crippen LogP contribution in [0.4, 0.5) is 10.1 Å². The summed E-state index contributed by atoms with van der Waals surface area (Å²) in [5, 5.41) is 5.01. The number of amides is 1. The first-order chi connectivity index (χ1) is 11.6. The standard InChI is InChI=1S/C18H22FN3OS/c1-14(18(23)20-16-6-4-15(19)5-7-16)22-10-8-21(9-11-22)13-17-3-2-12-24-17/h2-7,12,14H,8-11,13H2,1H3,(H,20,23)/p+2/t14-/m1/s1. The molecule has 1 aromatic carbocycles. The van der Waals surface area contributed by atoms with Crippen LogP contribution in [0.25, 0.3) is 0 Å². The predicted molar refractivity (Wildman–Crippen MR) is 93.9 cm³/mol. The van der Waals surface area contributed by atoms with Crippen LogP contribution < -0.4 is 15.1 Å². The fourth-order valence-corrected chi connectivity index (χ4v) is 3.94. The summed E-state index contributed by atoms with van der Waals surface area (Å²) in [5.74, 6) is -0.296. The number of halogens is 1. The Morgan fingerprint density at radius 3 is 2.54 bits per heavy atom. The zero-order valence-electron chi connectivity index (χ0n) is 13.8. The molecule has 2 aromatic rings. The van der Waals surface area contributed by atoms with E-state index in [1.165, 1.54) is 21.9 Å². The Bertz CT molecular complexity index is 651. The largest absolute Gasteiger partial charge is 0.321 e. The average molecular weight is 349 g/mol. The van der Waals surface area contributed by atoms with E-state index in [-0.39, 0.29) is 17.8 Å². The van der Waals surface area contributed by atoms with E-state index in [0.29, 0.717) is 5.69 Å². The Labute approximate surface area is 145 Å². The second-order valence-electron chi connectivity index (χ2n) is 6.38. The molecule has 1 fully saturated rings. The molecule has 6 heteroatoms. The lowest BCUT2D eigenvalue weighted by Crippen LogP contribution is -3.29. The molecule has 1 saturated heterocycles. The first-order valence-corrected chi connectivity index (χ1v) is 9.27. The summed E-state index contributed by atoms with van der Waals surface area (Å²) < 4.78 is 12.9. The number of rotatable bonds is 5. The quantitative estimate of drug-likeness (QED) is 0.709. The Kier molecular flexibility index (Phi) is 5.60. The summed E-state index contributed by atoms with van der Waals surface area (Å²) in [6.45, 7) is 7.22. The molecule has 0 bridgehead atoms. The normalized spacial score (nSPS) is 22.1. The van der Waals surface area contributed by atoms with Gasteiger partial charge in [0.1, 0.15) is 38.5 Å². The van der Waals surface area contributed by atoms with E-state index in [2.05, 4.69) is 22.8 Å². The van der Waals surface area contributed by atoms with E-state index in [4.69, 9.17) is 0 Å². The second-order valence-corrected chi connectivity index (χ2v) is 7.41. The van der Waals surface area contributed by atoms with Crippen LogP contribution in [0.1, 0.15) is 11.8 Å². The first kappa shape index (κ1) is 17.1. The first-order valence-electron chi connectivity index (χ1n) is 8.39. The zero-order valence-corrected chi connectivity index (χ0v) is 14.7. The molecule has 0 aliphatic carbocycles. The molecule has 0 radical (unpaired) electrons. The molecule has 128 valence electrons. The molecular formula is C18H24FN3OS+2. The maximum Gasteiger partial charge on any atom is 0.282 e. The molecule has 4 nitrogen and oxygen atoms in total. The van der Waals surface area contributed by atoms with Crippen molar-refractivity contribution in [3.63, 3.8) is 0 Å². The van der Waals surface area contributed by atoms with Crippen molar-refractivity contribution < 1.29 is 19.0 Å². The molecule has 2 heterocycles. The van der Waals surface area contributed by atoms with Gasteiger partial charge in [-0.15, -0.1) is 11.3 Å². The van der Waals surface area contributed by atoms with Gasteiger partial charge in [0.25, 0.3) is 5.91 Å². The van der Waals surface area contributed by atoms with Crippen LogP contribution in [0.15, 0.2) is 41.8 Å². The number of hydrogen-bond acceptors (Lipinski definition) is 2. The molecule has 0 saturated carbocycles. The SMILES string of the molecule is C[C@H](C(=O)Nc1ccc(F)cc1)[NH+]1CC[NH+](Cc2cccs2)CC1. The van der Waals surface area contributed by atoms with Crippen molar-refractivity contribution in [3.05, 3.63) is 52.5 Å². The highest BCUT2D eigenvalue weighted by molar-refractivity contribution is 7.09. The van der Waals surface area contributed by atoms with Gasteiger partial charge in [-0.05, 0) is 42.6 Å². The van der Waals surface area contributed by atoms with Crippen LogP contribution in [0.3, 0.4) is 0 Å². The van der Waals surface area contributed by atoms with E-state index >= 15 is 0 Å². The van der Waals surface area contributed by atoms with Gasteiger partial charge in [-0.1, -0.05) is 6.07 Å². The number of piperazine rings is 1. The summed E-state index contributed by atoms with van der Waals surface area (Å²) in [4.78, 5) is 16.7. The van der Waals surface area contributed by atoms with Gasteiger partial charge in [0.2, 0.25) is 0 Å². The maximum absolute atomic E-state index is 12.9. The third-order valence-electron chi connectivity index (χ3n) is 4.72. The van der Waals surface area contributed by atoms with E-state index in [1.807, 2.05) is 18.3 Å². The van der Waals surface area contributed by atoms with Crippen molar-refractivity contribution in [1.29, 1.82) is 0 Å². The van der Waals surface area contributed by atoms with Gasteiger partial charge in [-0.2, -0.15) is 0 Å². The lowest BCUT2D eigenvalue weighted by molar-refractivity contribution is -1.02. The Morgan fingerprint density at radius 2 is 1.92 bits per heavy atom. The highest BCUT2D eigenvalue weighted by atomic mass is 32.1. The molecule has 3 rings (SSSR count). The average Bonchev–Trinajstić information content (AvgIpc) is 3.10. The Hall–Kier alpha value is -1.76. The maximum atomic E-state index is 12.9. The second kappa shape index (κ2) is 7.88. The number of quaternary nitrogens is 2. The predicted octanol–water partition coefficient (Wildman–Crippen LogP) is 0.198. The van der Waals surface area contributed by atoms with E-state index in [9.17, 15) is 9.18 Å². The molecule has 0 unspecified atom stereocenters. The molecule has 1 aliphatic rings. The van der Waals surface area contributed by atoms with Crippen LogP contribution in [0, 0.1) is 5.82 Å². The van der Waals surface area contributed by atoms with Gasteiger partial charge in [0, 0.05) is 5.69 Å². The van der Waals surface area contributed by atoms with Gasteiger partial charge in [0.05, 0.1) is 4.88 Å². The third kappa shape index (κ3) is 4.41. The molecule has 1 aromatic heterocycles. The monoisotopic (exact) mass is 349 g/mol. The molecular weight excluding hydrogens is 325 g/mol.